The van der Waals surface area contributed by atoms with Crippen molar-refractivity contribution in [1.29, 1.82) is 0 Å². The highest BCUT2D eigenvalue weighted by Gasteiger charge is 2.54. The summed E-state index contributed by atoms with van der Waals surface area (Å²) < 4.78 is 24.7. The number of nitro groups is 1. The van der Waals surface area contributed by atoms with Crippen molar-refractivity contribution in [2.45, 2.75) is 25.9 Å². The lowest BCUT2D eigenvalue weighted by atomic mass is 10.1. The summed E-state index contributed by atoms with van der Waals surface area (Å²) in [5.41, 5.74) is 2.89. The van der Waals surface area contributed by atoms with Crippen LogP contribution in [0.4, 0.5) is 21.9 Å². The van der Waals surface area contributed by atoms with E-state index in [2.05, 4.69) is 0 Å². The predicted octanol–water partition coefficient (Wildman–Crippen LogP) is 2.82. The van der Waals surface area contributed by atoms with Crippen molar-refractivity contribution in [2.24, 2.45) is 0 Å². The third kappa shape index (κ3) is 2.91. The van der Waals surface area contributed by atoms with Crippen LogP contribution in [-0.2, 0) is 9.84 Å². The molecule has 4 rings (SSSR count). The van der Waals surface area contributed by atoms with Gasteiger partial charge in [0.2, 0.25) is 0 Å². The van der Waals surface area contributed by atoms with E-state index in [1.165, 1.54) is 28.0 Å². The molecular formula is C19H19N3O5S. The Morgan fingerprint density at radius 1 is 0.964 bits per heavy atom. The molecule has 2 aliphatic rings. The number of hydrogen-bond acceptors (Lipinski definition) is 5. The fourth-order valence-electron chi connectivity index (χ4n) is 3.94. The molecule has 9 heteroatoms. The summed E-state index contributed by atoms with van der Waals surface area (Å²) >= 11 is 0. The van der Waals surface area contributed by atoms with Gasteiger partial charge in [-0.2, -0.15) is 0 Å². The molecule has 146 valence electrons. The molecule has 2 aromatic carbocycles. The lowest BCUT2D eigenvalue weighted by Crippen LogP contribution is -2.38. The van der Waals surface area contributed by atoms with Crippen LogP contribution >= 0.6 is 0 Å². The predicted molar refractivity (Wildman–Crippen MR) is 106 cm³/mol. The van der Waals surface area contributed by atoms with Gasteiger partial charge in [-0.1, -0.05) is 12.1 Å². The Balaban J connectivity index is 1.82. The van der Waals surface area contributed by atoms with Crippen molar-refractivity contribution in [3.05, 3.63) is 63.7 Å². The van der Waals surface area contributed by atoms with Crippen molar-refractivity contribution in [2.75, 3.05) is 21.3 Å². The van der Waals surface area contributed by atoms with E-state index >= 15 is 0 Å². The van der Waals surface area contributed by atoms with Gasteiger partial charge in [0.05, 0.1) is 34.2 Å². The number of amides is 2. The number of carbonyl (C=O) groups excluding carboxylic acids is 1. The zero-order valence-corrected chi connectivity index (χ0v) is 16.2. The van der Waals surface area contributed by atoms with Gasteiger partial charge < -0.3 is 0 Å². The molecule has 2 amide bonds. The van der Waals surface area contributed by atoms with Crippen molar-refractivity contribution in [3.63, 3.8) is 0 Å². The molecular weight excluding hydrogens is 382 g/mol. The topological polar surface area (TPSA) is 101 Å². The van der Waals surface area contributed by atoms with Crippen LogP contribution in [0.1, 0.15) is 11.1 Å². The van der Waals surface area contributed by atoms with Gasteiger partial charge >= 0.3 is 6.03 Å². The van der Waals surface area contributed by atoms with Crippen molar-refractivity contribution in [1.82, 2.24) is 0 Å². The molecule has 2 aliphatic heterocycles. The molecule has 0 saturated carbocycles. The van der Waals surface area contributed by atoms with Gasteiger partial charge in [0.25, 0.3) is 5.69 Å². The first kappa shape index (κ1) is 18.4. The fraction of sp³-hybridized carbons (Fsp3) is 0.316. The normalized spacial score (nSPS) is 23.1. The van der Waals surface area contributed by atoms with Crippen molar-refractivity contribution in [3.8, 4) is 0 Å². The number of benzene rings is 2. The second-order valence-corrected chi connectivity index (χ2v) is 9.43. The Kier molecular flexibility index (Phi) is 4.15. The van der Waals surface area contributed by atoms with Crippen LogP contribution in [0.25, 0.3) is 0 Å². The monoisotopic (exact) mass is 401 g/mol. The highest BCUT2D eigenvalue weighted by atomic mass is 32.2. The lowest BCUT2D eigenvalue weighted by Gasteiger charge is -2.23. The van der Waals surface area contributed by atoms with E-state index in [0.717, 1.165) is 11.1 Å². The Morgan fingerprint density at radius 3 is 2.14 bits per heavy atom. The second kappa shape index (κ2) is 6.30. The molecule has 0 N–H and O–H groups in total. The van der Waals surface area contributed by atoms with Crippen LogP contribution in [0, 0.1) is 24.0 Å². The van der Waals surface area contributed by atoms with E-state index in [-0.39, 0.29) is 23.2 Å². The third-order valence-electron chi connectivity index (χ3n) is 5.46. The van der Waals surface area contributed by atoms with Crippen LogP contribution in [0.2, 0.25) is 0 Å². The molecule has 0 aromatic heterocycles. The average Bonchev–Trinajstić information content (AvgIpc) is 3.06. The van der Waals surface area contributed by atoms with Crippen LogP contribution in [0.5, 0.6) is 0 Å². The minimum atomic E-state index is -3.32. The maximum atomic E-state index is 13.3. The first-order valence-corrected chi connectivity index (χ1v) is 10.6. The first-order chi connectivity index (χ1) is 13.2. The van der Waals surface area contributed by atoms with Crippen molar-refractivity contribution < 1.29 is 18.1 Å². The number of sulfone groups is 1. The van der Waals surface area contributed by atoms with E-state index < -0.39 is 26.8 Å². The summed E-state index contributed by atoms with van der Waals surface area (Å²) in [5.74, 6) is -0.283. The van der Waals surface area contributed by atoms with Crippen LogP contribution in [0.15, 0.2) is 42.5 Å². The number of non-ortho nitro benzene ring substituents is 1. The molecule has 0 radical (unpaired) electrons. The van der Waals surface area contributed by atoms with Gasteiger partial charge in [-0.25, -0.2) is 13.2 Å². The molecule has 2 atom stereocenters. The summed E-state index contributed by atoms with van der Waals surface area (Å²) in [5, 5.41) is 11.1. The molecule has 8 nitrogen and oxygen atoms in total. The molecule has 2 fully saturated rings. The number of hydrogen-bond donors (Lipinski definition) is 0. The van der Waals surface area contributed by atoms with Gasteiger partial charge in [0.1, 0.15) is 0 Å². The Bertz CT molecular complexity index is 1100. The van der Waals surface area contributed by atoms with Crippen LogP contribution in [-0.4, -0.2) is 43.0 Å². The van der Waals surface area contributed by atoms with Crippen LogP contribution < -0.4 is 9.80 Å². The van der Waals surface area contributed by atoms with Gasteiger partial charge in [-0.05, 0) is 43.2 Å². The summed E-state index contributed by atoms with van der Waals surface area (Å²) in [6.07, 6.45) is 0. The lowest BCUT2D eigenvalue weighted by molar-refractivity contribution is -0.384. The molecule has 2 heterocycles. The number of anilines is 2. The smallest absolute Gasteiger partial charge is 0.288 e. The number of nitrogens with zero attached hydrogens (tertiary/aromatic N) is 3. The van der Waals surface area contributed by atoms with E-state index in [0.29, 0.717) is 11.4 Å². The SMILES string of the molecule is Cc1ccc(N2C(=O)N(c3cccc([N+](=O)[O-])c3)[C@H]3CS(=O)(=O)C[C@H]32)cc1C. The number of aryl methyl sites for hydroxylation is 2. The second-order valence-electron chi connectivity index (χ2n) is 7.28. The molecule has 0 unspecified atom stereocenters. The molecule has 2 saturated heterocycles. The molecule has 0 aliphatic carbocycles. The molecule has 2 aromatic rings. The molecule has 0 bridgehead atoms. The van der Waals surface area contributed by atoms with E-state index in [4.69, 9.17) is 0 Å². The number of carbonyl (C=O) groups is 1. The Morgan fingerprint density at radius 2 is 1.57 bits per heavy atom. The Hall–Kier alpha value is -2.94. The highest BCUT2D eigenvalue weighted by molar-refractivity contribution is 7.91. The van der Waals surface area contributed by atoms with Crippen LogP contribution in [0.3, 0.4) is 0 Å². The Labute approximate surface area is 162 Å². The van der Waals surface area contributed by atoms with Gasteiger partial charge in [0.15, 0.2) is 9.84 Å². The fourth-order valence-corrected chi connectivity index (χ4v) is 5.86. The molecule has 0 spiro atoms. The summed E-state index contributed by atoms with van der Waals surface area (Å²) in [4.78, 5) is 26.8. The third-order valence-corrected chi connectivity index (χ3v) is 7.16. The highest BCUT2D eigenvalue weighted by Crippen LogP contribution is 2.39. The van der Waals surface area contributed by atoms with E-state index in [1.54, 1.807) is 12.1 Å². The van der Waals surface area contributed by atoms with E-state index in [1.807, 2.05) is 26.0 Å². The minimum Gasteiger partial charge on any atom is -0.288 e. The van der Waals surface area contributed by atoms with Gasteiger partial charge in [-0.15, -0.1) is 0 Å². The number of fused-ring (bicyclic) bond motifs is 1. The number of urea groups is 1. The van der Waals surface area contributed by atoms with Gasteiger partial charge in [-0.3, -0.25) is 19.9 Å². The quantitative estimate of drug-likeness (QED) is 0.447. The first-order valence-electron chi connectivity index (χ1n) is 8.82. The largest absolute Gasteiger partial charge is 0.329 e. The maximum Gasteiger partial charge on any atom is 0.329 e. The zero-order valence-electron chi connectivity index (χ0n) is 15.4. The maximum absolute atomic E-state index is 13.3. The number of rotatable bonds is 3. The van der Waals surface area contributed by atoms with Crippen molar-refractivity contribution >= 4 is 32.9 Å². The average molecular weight is 401 g/mol. The summed E-state index contributed by atoms with van der Waals surface area (Å²) in [6, 6.07) is 9.83. The van der Waals surface area contributed by atoms with E-state index in [9.17, 15) is 23.3 Å². The standard InChI is InChI=1S/C19H19N3O5S/c1-12-6-7-15(8-13(12)2)21-18-11-28(26,27)10-17(18)20(19(21)23)14-4-3-5-16(9-14)22(24)25/h3-9,17-18H,10-11H2,1-2H3/t17-,18+/m0/s1. The zero-order chi connectivity index (χ0) is 20.2. The summed E-state index contributed by atoms with van der Waals surface area (Å²) in [6.45, 7) is 3.89. The number of nitro benzene ring substituents is 1. The molecule has 28 heavy (non-hydrogen) atoms. The minimum absolute atomic E-state index is 0.123. The summed E-state index contributed by atoms with van der Waals surface area (Å²) in [7, 11) is -3.32. The van der Waals surface area contributed by atoms with Gasteiger partial charge in [0, 0.05) is 17.8 Å².